The van der Waals surface area contributed by atoms with Crippen molar-refractivity contribution in [1.29, 1.82) is 0 Å². The number of hydrogen-bond donors (Lipinski definition) is 2. The Morgan fingerprint density at radius 2 is 2.10 bits per heavy atom. The summed E-state index contributed by atoms with van der Waals surface area (Å²) < 4.78 is 0. The summed E-state index contributed by atoms with van der Waals surface area (Å²) in [6.45, 7) is 7.75. The van der Waals surface area contributed by atoms with Crippen LogP contribution < -0.4 is 15.5 Å². The second kappa shape index (κ2) is 8.12. The largest absolute Gasteiger partial charge is 0.361 e. The van der Waals surface area contributed by atoms with E-state index in [0.29, 0.717) is 11.6 Å². The van der Waals surface area contributed by atoms with Crippen molar-refractivity contribution in [3.63, 3.8) is 0 Å². The molecule has 0 bridgehead atoms. The summed E-state index contributed by atoms with van der Waals surface area (Å²) in [5.74, 6) is 0.0113. The summed E-state index contributed by atoms with van der Waals surface area (Å²) in [4.78, 5) is 13.8. The molecule has 0 fully saturated rings. The van der Waals surface area contributed by atoms with Crippen LogP contribution in [0, 0.1) is 0 Å². The zero-order valence-electron chi connectivity index (χ0n) is 12.7. The van der Waals surface area contributed by atoms with Crippen molar-refractivity contribution in [2.24, 2.45) is 0 Å². The maximum Gasteiger partial charge on any atom is 0.239 e. The number of rotatable bonds is 7. The highest BCUT2D eigenvalue weighted by Gasteiger charge is 2.13. The summed E-state index contributed by atoms with van der Waals surface area (Å²) >= 11 is 6.33. The third-order valence-corrected chi connectivity index (χ3v) is 3.20. The standard InChI is InChI=1S/C15H24ClN3O/c1-5-19(10-15(20)18-11(2)3)14-7-6-12(9-17-4)8-13(14)16/h6-8,11,17H,5,9-10H2,1-4H3,(H,18,20). The van der Waals surface area contributed by atoms with Crippen molar-refractivity contribution < 1.29 is 4.79 Å². The van der Waals surface area contributed by atoms with E-state index >= 15 is 0 Å². The van der Waals surface area contributed by atoms with Crippen molar-refractivity contribution in [3.05, 3.63) is 28.8 Å². The molecule has 0 unspecified atom stereocenters. The van der Waals surface area contributed by atoms with Crippen LogP contribution in [0.2, 0.25) is 5.02 Å². The highest BCUT2D eigenvalue weighted by atomic mass is 35.5. The van der Waals surface area contributed by atoms with Crippen LogP contribution in [-0.4, -0.2) is 32.1 Å². The number of nitrogens with zero attached hydrogens (tertiary/aromatic N) is 1. The first-order valence-electron chi connectivity index (χ1n) is 6.95. The van der Waals surface area contributed by atoms with Gasteiger partial charge in [-0.1, -0.05) is 17.7 Å². The lowest BCUT2D eigenvalue weighted by atomic mass is 10.2. The Bertz CT molecular complexity index is 449. The Kier molecular flexibility index (Phi) is 6.82. The lowest BCUT2D eigenvalue weighted by Crippen LogP contribution is -2.40. The predicted octanol–water partition coefficient (Wildman–Crippen LogP) is 2.41. The molecule has 0 radical (unpaired) electrons. The Balaban J connectivity index is 2.81. The third kappa shape index (κ3) is 5.02. The molecule has 0 aromatic heterocycles. The van der Waals surface area contributed by atoms with E-state index in [1.54, 1.807) is 0 Å². The molecule has 0 atom stereocenters. The number of carbonyl (C=O) groups excluding carboxylic acids is 1. The second-order valence-corrected chi connectivity index (χ2v) is 5.46. The number of benzene rings is 1. The second-order valence-electron chi connectivity index (χ2n) is 5.05. The molecule has 0 saturated carbocycles. The number of carbonyl (C=O) groups is 1. The van der Waals surface area contributed by atoms with E-state index in [1.165, 1.54) is 0 Å². The Hall–Kier alpha value is -1.26. The minimum absolute atomic E-state index is 0.0113. The first-order chi connectivity index (χ1) is 9.47. The van der Waals surface area contributed by atoms with Crippen LogP contribution in [0.3, 0.4) is 0 Å². The zero-order valence-corrected chi connectivity index (χ0v) is 13.4. The van der Waals surface area contributed by atoms with Crippen molar-refractivity contribution in [3.8, 4) is 0 Å². The summed E-state index contributed by atoms with van der Waals surface area (Å²) in [5, 5.41) is 6.66. The van der Waals surface area contributed by atoms with Gasteiger partial charge in [-0.3, -0.25) is 4.79 Å². The Morgan fingerprint density at radius 1 is 1.40 bits per heavy atom. The van der Waals surface area contributed by atoms with E-state index in [4.69, 9.17) is 11.6 Å². The van der Waals surface area contributed by atoms with Crippen LogP contribution in [0.25, 0.3) is 0 Å². The van der Waals surface area contributed by atoms with Gasteiger partial charge in [0.25, 0.3) is 0 Å². The van der Waals surface area contributed by atoms with Crippen molar-refractivity contribution in [2.75, 3.05) is 25.0 Å². The molecule has 5 heteroatoms. The number of amides is 1. The van der Waals surface area contributed by atoms with Gasteiger partial charge in [-0.2, -0.15) is 0 Å². The molecule has 20 heavy (non-hydrogen) atoms. The van der Waals surface area contributed by atoms with Gasteiger partial charge in [0.05, 0.1) is 17.3 Å². The van der Waals surface area contributed by atoms with Crippen molar-refractivity contribution >= 4 is 23.2 Å². The fourth-order valence-electron chi connectivity index (χ4n) is 2.03. The van der Waals surface area contributed by atoms with E-state index in [1.807, 2.05) is 50.9 Å². The lowest BCUT2D eigenvalue weighted by molar-refractivity contribution is -0.120. The van der Waals surface area contributed by atoms with E-state index in [9.17, 15) is 4.79 Å². The number of likely N-dealkylation sites (N-methyl/N-ethyl adjacent to an activating group) is 1. The quantitative estimate of drug-likeness (QED) is 0.812. The molecule has 0 spiro atoms. The smallest absolute Gasteiger partial charge is 0.239 e. The Morgan fingerprint density at radius 3 is 2.60 bits per heavy atom. The van der Waals surface area contributed by atoms with Gasteiger partial charge >= 0.3 is 0 Å². The van der Waals surface area contributed by atoms with Gasteiger partial charge in [-0.05, 0) is 45.5 Å². The third-order valence-electron chi connectivity index (χ3n) is 2.90. The number of halogens is 1. The molecular formula is C15H24ClN3O. The van der Waals surface area contributed by atoms with Crippen LogP contribution in [0.1, 0.15) is 26.3 Å². The average Bonchev–Trinajstić information content (AvgIpc) is 2.36. The van der Waals surface area contributed by atoms with Gasteiger partial charge in [0, 0.05) is 19.1 Å². The number of nitrogens with one attached hydrogen (secondary N) is 2. The minimum Gasteiger partial charge on any atom is -0.361 e. The summed E-state index contributed by atoms with van der Waals surface area (Å²) in [6, 6.07) is 6.09. The zero-order chi connectivity index (χ0) is 15.1. The molecule has 0 heterocycles. The van der Waals surface area contributed by atoms with Crippen LogP contribution >= 0.6 is 11.6 Å². The molecule has 1 aromatic carbocycles. The van der Waals surface area contributed by atoms with E-state index < -0.39 is 0 Å². The normalized spacial score (nSPS) is 10.7. The molecule has 0 saturated heterocycles. The molecule has 1 aromatic rings. The van der Waals surface area contributed by atoms with Crippen LogP contribution in [0.4, 0.5) is 5.69 Å². The van der Waals surface area contributed by atoms with E-state index in [2.05, 4.69) is 10.6 Å². The van der Waals surface area contributed by atoms with Crippen molar-refractivity contribution in [1.82, 2.24) is 10.6 Å². The van der Waals surface area contributed by atoms with Gasteiger partial charge in [-0.15, -0.1) is 0 Å². The molecule has 112 valence electrons. The highest BCUT2D eigenvalue weighted by Crippen LogP contribution is 2.26. The van der Waals surface area contributed by atoms with E-state index in [0.717, 1.165) is 24.3 Å². The minimum atomic E-state index is 0.0113. The molecule has 2 N–H and O–H groups in total. The molecule has 0 aliphatic heterocycles. The van der Waals surface area contributed by atoms with Gasteiger partial charge in [0.2, 0.25) is 5.91 Å². The fourth-order valence-corrected chi connectivity index (χ4v) is 2.35. The van der Waals surface area contributed by atoms with Gasteiger partial charge in [0.15, 0.2) is 0 Å². The van der Waals surface area contributed by atoms with Gasteiger partial charge in [-0.25, -0.2) is 0 Å². The highest BCUT2D eigenvalue weighted by molar-refractivity contribution is 6.33. The predicted molar refractivity (Wildman–Crippen MR) is 85.4 cm³/mol. The molecule has 4 nitrogen and oxygen atoms in total. The van der Waals surface area contributed by atoms with Crippen LogP contribution in [0.15, 0.2) is 18.2 Å². The summed E-state index contributed by atoms with van der Waals surface area (Å²) in [6.07, 6.45) is 0. The number of hydrogen-bond acceptors (Lipinski definition) is 3. The molecule has 0 aliphatic carbocycles. The van der Waals surface area contributed by atoms with Crippen LogP contribution in [0.5, 0.6) is 0 Å². The summed E-state index contributed by atoms with van der Waals surface area (Å²) in [5.41, 5.74) is 2.02. The SMILES string of the molecule is CCN(CC(=O)NC(C)C)c1ccc(CNC)cc1Cl. The average molecular weight is 298 g/mol. The number of anilines is 1. The van der Waals surface area contributed by atoms with Gasteiger partial charge in [0.1, 0.15) is 0 Å². The maximum atomic E-state index is 11.9. The maximum absolute atomic E-state index is 11.9. The van der Waals surface area contributed by atoms with Crippen LogP contribution in [-0.2, 0) is 11.3 Å². The monoisotopic (exact) mass is 297 g/mol. The molecule has 1 amide bonds. The first-order valence-corrected chi connectivity index (χ1v) is 7.33. The molecular weight excluding hydrogens is 274 g/mol. The molecule has 0 aliphatic rings. The first kappa shape index (κ1) is 16.8. The summed E-state index contributed by atoms with van der Waals surface area (Å²) in [7, 11) is 1.90. The van der Waals surface area contributed by atoms with Crippen molar-refractivity contribution in [2.45, 2.75) is 33.4 Å². The topological polar surface area (TPSA) is 44.4 Å². The fraction of sp³-hybridized carbons (Fsp3) is 0.533. The van der Waals surface area contributed by atoms with E-state index in [-0.39, 0.29) is 11.9 Å². The lowest BCUT2D eigenvalue weighted by Gasteiger charge is -2.24. The Labute approximate surface area is 126 Å². The molecule has 1 rings (SSSR count). The van der Waals surface area contributed by atoms with Gasteiger partial charge < -0.3 is 15.5 Å².